The second-order valence-corrected chi connectivity index (χ2v) is 6.94. The van der Waals surface area contributed by atoms with Crippen LogP contribution in [0.25, 0.3) is 0 Å². The summed E-state index contributed by atoms with van der Waals surface area (Å²) in [5.41, 5.74) is 2.36. The van der Waals surface area contributed by atoms with E-state index in [4.69, 9.17) is 0 Å². The van der Waals surface area contributed by atoms with Crippen LogP contribution in [0.3, 0.4) is 0 Å². The number of hydrogen-bond acceptors (Lipinski definition) is 5. The molecular formula is C22H22FN5O. The average Bonchev–Trinajstić information content (AvgIpc) is 2.77. The lowest BCUT2D eigenvalue weighted by atomic mass is 10.1. The number of rotatable bonds is 5. The van der Waals surface area contributed by atoms with Gasteiger partial charge in [-0.25, -0.2) is 14.4 Å². The van der Waals surface area contributed by atoms with Crippen LogP contribution in [0, 0.1) is 5.82 Å². The number of nitrogens with one attached hydrogen (secondary N) is 2. The highest BCUT2D eigenvalue weighted by atomic mass is 19.1. The zero-order valence-corrected chi connectivity index (χ0v) is 15.9. The molecule has 0 radical (unpaired) electrons. The van der Waals surface area contributed by atoms with Crippen molar-refractivity contribution in [3.05, 3.63) is 72.4 Å². The molecular weight excluding hydrogens is 369 g/mol. The summed E-state index contributed by atoms with van der Waals surface area (Å²) in [5, 5.41) is 5.67. The summed E-state index contributed by atoms with van der Waals surface area (Å²) >= 11 is 0. The predicted molar refractivity (Wildman–Crippen MR) is 112 cm³/mol. The van der Waals surface area contributed by atoms with Gasteiger partial charge in [-0.2, -0.15) is 0 Å². The van der Waals surface area contributed by atoms with Crippen LogP contribution >= 0.6 is 0 Å². The van der Waals surface area contributed by atoms with E-state index < -0.39 is 0 Å². The molecule has 7 heteroatoms. The standard InChI is InChI=1S/C22H22FN5O/c23-18-6-2-3-7-19(18)27-21-15-24-20(14-25-21)22(29)26-16-8-10-17(11-9-16)28-12-4-1-5-13-28/h2-3,6-11,14-15H,1,4-5,12-13H2,(H,25,27)(H,26,29). The molecule has 2 aromatic carbocycles. The van der Waals surface area contributed by atoms with Crippen molar-refractivity contribution in [3.8, 4) is 0 Å². The van der Waals surface area contributed by atoms with Crippen LogP contribution in [0.2, 0.25) is 0 Å². The lowest BCUT2D eigenvalue weighted by molar-refractivity contribution is 0.102. The second-order valence-electron chi connectivity index (χ2n) is 6.94. The third-order valence-corrected chi connectivity index (χ3v) is 4.87. The molecule has 1 aliphatic rings. The maximum Gasteiger partial charge on any atom is 0.275 e. The molecule has 1 aliphatic heterocycles. The summed E-state index contributed by atoms with van der Waals surface area (Å²) in [7, 11) is 0. The lowest BCUT2D eigenvalue weighted by Crippen LogP contribution is -2.29. The van der Waals surface area contributed by atoms with Gasteiger partial charge in [-0.05, 0) is 55.7 Å². The molecule has 6 nitrogen and oxygen atoms in total. The van der Waals surface area contributed by atoms with E-state index in [1.165, 1.54) is 43.4 Å². The first-order chi connectivity index (χ1) is 14.2. The van der Waals surface area contributed by atoms with Crippen LogP contribution in [0.5, 0.6) is 0 Å². The van der Waals surface area contributed by atoms with E-state index >= 15 is 0 Å². The molecule has 3 aromatic rings. The van der Waals surface area contributed by atoms with Gasteiger partial charge in [0.15, 0.2) is 0 Å². The Morgan fingerprint density at radius 1 is 0.931 bits per heavy atom. The van der Waals surface area contributed by atoms with E-state index in [1.807, 2.05) is 24.3 Å². The smallest absolute Gasteiger partial charge is 0.275 e. The Labute approximate surface area is 168 Å². The molecule has 0 saturated carbocycles. The lowest BCUT2D eigenvalue weighted by Gasteiger charge is -2.28. The van der Waals surface area contributed by atoms with Gasteiger partial charge in [-0.1, -0.05) is 12.1 Å². The highest BCUT2D eigenvalue weighted by Gasteiger charge is 2.12. The van der Waals surface area contributed by atoms with Gasteiger partial charge in [0.1, 0.15) is 17.3 Å². The summed E-state index contributed by atoms with van der Waals surface area (Å²) in [6.07, 6.45) is 6.50. The Hall–Kier alpha value is -3.48. The van der Waals surface area contributed by atoms with Crippen molar-refractivity contribution in [2.45, 2.75) is 19.3 Å². The Morgan fingerprint density at radius 2 is 1.69 bits per heavy atom. The van der Waals surface area contributed by atoms with Crippen LogP contribution in [-0.2, 0) is 0 Å². The first-order valence-corrected chi connectivity index (χ1v) is 9.69. The number of nitrogens with zero attached hydrogens (tertiary/aromatic N) is 3. The zero-order valence-electron chi connectivity index (χ0n) is 15.9. The van der Waals surface area contributed by atoms with E-state index in [-0.39, 0.29) is 17.4 Å². The Bertz CT molecular complexity index is 969. The number of benzene rings is 2. The van der Waals surface area contributed by atoms with E-state index in [2.05, 4.69) is 25.5 Å². The molecule has 0 atom stereocenters. The topological polar surface area (TPSA) is 70.2 Å². The van der Waals surface area contributed by atoms with E-state index in [0.717, 1.165) is 13.1 Å². The number of para-hydroxylation sites is 1. The monoisotopic (exact) mass is 391 g/mol. The highest BCUT2D eigenvalue weighted by Crippen LogP contribution is 2.22. The molecule has 2 heterocycles. The number of anilines is 4. The van der Waals surface area contributed by atoms with Gasteiger partial charge in [0.2, 0.25) is 0 Å². The minimum Gasteiger partial charge on any atom is -0.372 e. The van der Waals surface area contributed by atoms with Gasteiger partial charge >= 0.3 is 0 Å². The summed E-state index contributed by atoms with van der Waals surface area (Å²) in [5.74, 6) is -0.373. The molecule has 0 bridgehead atoms. The van der Waals surface area contributed by atoms with Crippen LogP contribution in [0.4, 0.5) is 27.3 Å². The van der Waals surface area contributed by atoms with Crippen molar-refractivity contribution in [2.75, 3.05) is 28.6 Å². The SMILES string of the molecule is O=C(Nc1ccc(N2CCCCC2)cc1)c1cnc(Nc2ccccc2F)cn1. The number of hydrogen-bond donors (Lipinski definition) is 2. The first kappa shape index (κ1) is 18.9. The second kappa shape index (κ2) is 8.68. The zero-order chi connectivity index (χ0) is 20.1. The third-order valence-electron chi connectivity index (χ3n) is 4.87. The number of aromatic nitrogens is 2. The molecule has 4 rings (SSSR count). The normalized spacial score (nSPS) is 13.8. The van der Waals surface area contributed by atoms with Gasteiger partial charge in [0.25, 0.3) is 5.91 Å². The predicted octanol–water partition coefficient (Wildman–Crippen LogP) is 4.60. The maximum absolute atomic E-state index is 13.7. The maximum atomic E-state index is 13.7. The number of halogens is 1. The van der Waals surface area contributed by atoms with Crippen LogP contribution < -0.4 is 15.5 Å². The summed E-state index contributed by atoms with van der Waals surface area (Å²) in [6, 6.07) is 14.1. The number of carbonyl (C=O) groups excluding carboxylic acids is 1. The van der Waals surface area contributed by atoms with Gasteiger partial charge in [0.05, 0.1) is 18.1 Å². The number of carbonyl (C=O) groups is 1. The molecule has 0 unspecified atom stereocenters. The van der Waals surface area contributed by atoms with E-state index in [9.17, 15) is 9.18 Å². The Kier molecular flexibility index (Phi) is 5.65. The Balaban J connectivity index is 1.37. The fourth-order valence-electron chi connectivity index (χ4n) is 3.31. The molecule has 0 aliphatic carbocycles. The van der Waals surface area contributed by atoms with Gasteiger partial charge in [-0.15, -0.1) is 0 Å². The molecule has 29 heavy (non-hydrogen) atoms. The molecule has 0 spiro atoms. The quantitative estimate of drug-likeness (QED) is 0.665. The van der Waals surface area contributed by atoms with Crippen molar-refractivity contribution in [3.63, 3.8) is 0 Å². The molecule has 1 amide bonds. The van der Waals surface area contributed by atoms with Crippen molar-refractivity contribution >= 4 is 28.8 Å². The summed E-state index contributed by atoms with van der Waals surface area (Å²) in [4.78, 5) is 23.1. The van der Waals surface area contributed by atoms with Crippen molar-refractivity contribution in [2.24, 2.45) is 0 Å². The van der Waals surface area contributed by atoms with Crippen molar-refractivity contribution in [1.29, 1.82) is 0 Å². The highest BCUT2D eigenvalue weighted by molar-refractivity contribution is 6.02. The molecule has 2 N–H and O–H groups in total. The van der Waals surface area contributed by atoms with Gasteiger partial charge in [-0.3, -0.25) is 4.79 Å². The van der Waals surface area contributed by atoms with Crippen LogP contribution in [-0.4, -0.2) is 29.0 Å². The number of amides is 1. The van der Waals surface area contributed by atoms with Crippen molar-refractivity contribution in [1.82, 2.24) is 9.97 Å². The molecule has 1 aromatic heterocycles. The summed E-state index contributed by atoms with van der Waals surface area (Å²) < 4.78 is 13.7. The van der Waals surface area contributed by atoms with Crippen LogP contribution in [0.15, 0.2) is 60.9 Å². The molecule has 148 valence electrons. The average molecular weight is 391 g/mol. The van der Waals surface area contributed by atoms with Gasteiger partial charge < -0.3 is 15.5 Å². The fourth-order valence-corrected chi connectivity index (χ4v) is 3.31. The van der Waals surface area contributed by atoms with E-state index in [1.54, 1.807) is 18.2 Å². The number of piperidine rings is 1. The minimum absolute atomic E-state index is 0.184. The van der Waals surface area contributed by atoms with E-state index in [0.29, 0.717) is 17.2 Å². The third kappa shape index (κ3) is 4.68. The first-order valence-electron chi connectivity index (χ1n) is 9.69. The molecule has 1 fully saturated rings. The van der Waals surface area contributed by atoms with Crippen LogP contribution in [0.1, 0.15) is 29.8 Å². The summed E-state index contributed by atoms with van der Waals surface area (Å²) in [6.45, 7) is 2.16. The Morgan fingerprint density at radius 3 is 2.38 bits per heavy atom. The fraction of sp³-hybridized carbons (Fsp3) is 0.227. The van der Waals surface area contributed by atoms with Gasteiger partial charge in [0, 0.05) is 24.5 Å². The minimum atomic E-state index is -0.385. The largest absolute Gasteiger partial charge is 0.372 e. The van der Waals surface area contributed by atoms with Crippen molar-refractivity contribution < 1.29 is 9.18 Å². The molecule has 1 saturated heterocycles.